The van der Waals surface area contributed by atoms with Crippen molar-refractivity contribution in [2.75, 3.05) is 18.4 Å². The fourth-order valence-corrected chi connectivity index (χ4v) is 5.68. The van der Waals surface area contributed by atoms with Gasteiger partial charge in [0.05, 0.1) is 10.5 Å². The number of nitrogens with one attached hydrogen (secondary N) is 1. The summed E-state index contributed by atoms with van der Waals surface area (Å²) < 4.78 is 89.6. The quantitative estimate of drug-likeness (QED) is 0.687. The lowest BCUT2D eigenvalue weighted by Crippen LogP contribution is -2.32. The second-order valence-corrected chi connectivity index (χ2v) is 10.9. The average molecular weight is 492 g/mol. The first kappa shape index (κ1) is 24.1. The Kier molecular flexibility index (Phi) is 6.91. The monoisotopic (exact) mass is 491 g/mol. The third kappa shape index (κ3) is 4.94. The molecule has 1 fully saturated rings. The van der Waals surface area contributed by atoms with Gasteiger partial charge in [-0.1, -0.05) is 18.9 Å². The number of hydrogen-bond acceptors (Lipinski definition) is 6. The Labute approximate surface area is 183 Å². The molecule has 1 N–H and O–H groups in total. The van der Waals surface area contributed by atoms with Crippen LogP contribution in [0.1, 0.15) is 36.0 Å². The van der Waals surface area contributed by atoms with E-state index < -0.39 is 41.9 Å². The first-order valence-corrected chi connectivity index (χ1v) is 12.5. The number of anilines is 1. The first-order valence-electron chi connectivity index (χ1n) is 9.62. The number of sulfonamides is 1. The number of alkyl halides is 3. The van der Waals surface area contributed by atoms with E-state index in [2.05, 4.69) is 10.3 Å². The highest BCUT2D eigenvalue weighted by atomic mass is 32.2. The highest BCUT2D eigenvalue weighted by molar-refractivity contribution is 7.92. The Hall–Kier alpha value is -2.51. The zero-order valence-corrected chi connectivity index (χ0v) is 18.3. The summed E-state index contributed by atoms with van der Waals surface area (Å²) in [5.41, 5.74) is -6.48. The standard InChI is InChI=1S/C19H20F3N3O5S2/c20-19(21,22)31(27,28)18-16(9-6-10-23-18)17(26)24-14-7-5-8-15(13-14)32(29,30)25-11-3-1-2-4-12-25/h5-10,13H,1-4,11-12H2,(H,24,26). The molecule has 1 saturated heterocycles. The number of carbonyl (C=O) groups excluding carboxylic acids is 1. The van der Waals surface area contributed by atoms with E-state index in [1.54, 1.807) is 0 Å². The van der Waals surface area contributed by atoms with Gasteiger partial charge in [-0.15, -0.1) is 0 Å². The van der Waals surface area contributed by atoms with Gasteiger partial charge in [0.15, 0.2) is 5.03 Å². The second-order valence-electron chi connectivity index (χ2n) is 7.11. The number of benzene rings is 1. The highest BCUT2D eigenvalue weighted by Crippen LogP contribution is 2.31. The largest absolute Gasteiger partial charge is 0.503 e. The van der Waals surface area contributed by atoms with Crippen LogP contribution in [0.5, 0.6) is 0 Å². The van der Waals surface area contributed by atoms with Crippen molar-refractivity contribution >= 4 is 31.5 Å². The van der Waals surface area contributed by atoms with Crippen LogP contribution >= 0.6 is 0 Å². The minimum absolute atomic E-state index is 0.0230. The van der Waals surface area contributed by atoms with Crippen LogP contribution in [0.4, 0.5) is 18.9 Å². The molecule has 1 aromatic heterocycles. The van der Waals surface area contributed by atoms with Crippen molar-refractivity contribution in [3.05, 3.63) is 48.2 Å². The fraction of sp³-hybridized carbons (Fsp3) is 0.368. The molecule has 3 rings (SSSR count). The van der Waals surface area contributed by atoms with Crippen molar-refractivity contribution in [1.29, 1.82) is 0 Å². The molecule has 0 bridgehead atoms. The molecule has 0 saturated carbocycles. The number of aromatic nitrogens is 1. The maximum Gasteiger partial charge on any atom is 0.503 e. The van der Waals surface area contributed by atoms with Gasteiger partial charge in [0, 0.05) is 25.0 Å². The van der Waals surface area contributed by atoms with E-state index >= 15 is 0 Å². The van der Waals surface area contributed by atoms with E-state index in [4.69, 9.17) is 0 Å². The molecule has 8 nitrogen and oxygen atoms in total. The number of pyridine rings is 1. The van der Waals surface area contributed by atoms with Crippen LogP contribution in [0.3, 0.4) is 0 Å². The number of sulfone groups is 1. The maximum atomic E-state index is 12.9. The van der Waals surface area contributed by atoms with Crippen molar-refractivity contribution < 1.29 is 34.8 Å². The van der Waals surface area contributed by atoms with Crippen molar-refractivity contribution in [2.45, 2.75) is 41.1 Å². The van der Waals surface area contributed by atoms with Gasteiger partial charge in [-0.25, -0.2) is 21.8 Å². The molecule has 174 valence electrons. The van der Waals surface area contributed by atoms with Gasteiger partial charge < -0.3 is 5.32 Å². The normalized spacial score (nSPS) is 16.3. The number of hydrogen-bond donors (Lipinski definition) is 1. The minimum Gasteiger partial charge on any atom is -0.322 e. The Morgan fingerprint density at radius 1 is 0.969 bits per heavy atom. The maximum absolute atomic E-state index is 12.9. The Morgan fingerprint density at radius 3 is 2.25 bits per heavy atom. The minimum atomic E-state index is -5.87. The molecule has 1 aliphatic rings. The molecule has 13 heteroatoms. The number of nitrogens with zero attached hydrogens (tertiary/aromatic N) is 2. The number of rotatable bonds is 5. The predicted octanol–water partition coefficient (Wildman–Crippen LogP) is 3.19. The van der Waals surface area contributed by atoms with Crippen LogP contribution in [0.15, 0.2) is 52.5 Å². The summed E-state index contributed by atoms with van der Waals surface area (Å²) in [5, 5.41) is 0.824. The Morgan fingerprint density at radius 2 is 1.62 bits per heavy atom. The highest BCUT2D eigenvalue weighted by Gasteiger charge is 2.49. The molecule has 0 spiro atoms. The van der Waals surface area contributed by atoms with Crippen molar-refractivity contribution in [1.82, 2.24) is 9.29 Å². The number of carbonyl (C=O) groups is 1. The van der Waals surface area contributed by atoms with E-state index in [-0.39, 0.29) is 10.6 Å². The van der Waals surface area contributed by atoms with Crippen LogP contribution in [-0.2, 0) is 19.9 Å². The van der Waals surface area contributed by atoms with Crippen LogP contribution < -0.4 is 5.32 Å². The summed E-state index contributed by atoms with van der Waals surface area (Å²) in [6.45, 7) is 0.737. The van der Waals surface area contributed by atoms with Crippen molar-refractivity contribution in [3.63, 3.8) is 0 Å². The average Bonchev–Trinajstić information content (AvgIpc) is 3.03. The van der Waals surface area contributed by atoms with Gasteiger partial charge in [-0.2, -0.15) is 17.5 Å². The third-order valence-corrected chi connectivity index (χ3v) is 8.21. The molecule has 2 heterocycles. The van der Waals surface area contributed by atoms with E-state index in [0.29, 0.717) is 13.1 Å². The van der Waals surface area contributed by atoms with E-state index in [0.717, 1.165) is 44.0 Å². The summed E-state index contributed by atoms with van der Waals surface area (Å²) in [6, 6.07) is 7.24. The predicted molar refractivity (Wildman–Crippen MR) is 109 cm³/mol. The van der Waals surface area contributed by atoms with E-state index in [1.807, 2.05) is 0 Å². The molecule has 1 aliphatic heterocycles. The molecule has 0 aliphatic carbocycles. The summed E-state index contributed by atoms with van der Waals surface area (Å²) in [4.78, 5) is 15.7. The zero-order valence-electron chi connectivity index (χ0n) is 16.7. The number of amides is 1. The topological polar surface area (TPSA) is 114 Å². The lowest BCUT2D eigenvalue weighted by Gasteiger charge is -2.20. The van der Waals surface area contributed by atoms with E-state index in [1.165, 1.54) is 28.6 Å². The van der Waals surface area contributed by atoms with Gasteiger partial charge in [0.2, 0.25) is 10.0 Å². The van der Waals surface area contributed by atoms with Crippen LogP contribution in [0, 0.1) is 0 Å². The van der Waals surface area contributed by atoms with Gasteiger partial charge in [-0.05, 0) is 43.2 Å². The number of halogens is 3. The fourth-order valence-electron chi connectivity index (χ4n) is 3.25. The van der Waals surface area contributed by atoms with Gasteiger partial charge in [0.25, 0.3) is 15.7 Å². The second kappa shape index (κ2) is 9.16. The summed E-state index contributed by atoms with van der Waals surface area (Å²) >= 11 is 0. The summed E-state index contributed by atoms with van der Waals surface area (Å²) in [5.74, 6) is -1.18. The molecule has 1 amide bonds. The SMILES string of the molecule is O=C(Nc1cccc(S(=O)(=O)N2CCCCCC2)c1)c1cccnc1S(=O)(=O)C(F)(F)F. The third-order valence-electron chi connectivity index (χ3n) is 4.87. The zero-order chi connectivity index (χ0) is 23.6. The molecule has 0 atom stereocenters. The molecule has 0 radical (unpaired) electrons. The summed E-state index contributed by atoms with van der Waals surface area (Å²) in [7, 11) is -9.70. The van der Waals surface area contributed by atoms with Crippen LogP contribution in [0.2, 0.25) is 0 Å². The molecule has 0 unspecified atom stereocenters. The van der Waals surface area contributed by atoms with Gasteiger partial charge in [0.1, 0.15) is 0 Å². The lowest BCUT2D eigenvalue weighted by molar-refractivity contribution is -0.0438. The van der Waals surface area contributed by atoms with Crippen LogP contribution in [0.25, 0.3) is 0 Å². The van der Waals surface area contributed by atoms with E-state index in [9.17, 15) is 34.8 Å². The Bertz CT molecular complexity index is 1210. The molecule has 1 aromatic carbocycles. The molecule has 32 heavy (non-hydrogen) atoms. The smallest absolute Gasteiger partial charge is 0.322 e. The van der Waals surface area contributed by atoms with Gasteiger partial charge in [-0.3, -0.25) is 4.79 Å². The lowest BCUT2D eigenvalue weighted by atomic mass is 10.2. The first-order chi connectivity index (χ1) is 14.9. The van der Waals surface area contributed by atoms with Crippen molar-refractivity contribution in [2.24, 2.45) is 0 Å². The van der Waals surface area contributed by atoms with Gasteiger partial charge >= 0.3 is 5.51 Å². The molecule has 2 aromatic rings. The summed E-state index contributed by atoms with van der Waals surface area (Å²) in [6.07, 6.45) is 4.14. The molecular formula is C19H20F3N3O5S2. The van der Waals surface area contributed by atoms with Crippen molar-refractivity contribution in [3.8, 4) is 0 Å². The Balaban J connectivity index is 1.90. The van der Waals surface area contributed by atoms with Crippen LogP contribution in [-0.4, -0.2) is 50.6 Å². The molecular weight excluding hydrogens is 471 g/mol.